The standard InChI is InChI=1S/C13H14ClNO2S2/c1-10-4-2-3-5-12(10)19(16,17)15-9-8-11-6-7-13(14)18-11/h2-7,15H,8-9H2,1H3. The Kier molecular flexibility index (Phi) is 4.62. The molecule has 1 heterocycles. The van der Waals surface area contributed by atoms with Gasteiger partial charge in [0.05, 0.1) is 9.23 Å². The monoisotopic (exact) mass is 315 g/mol. The van der Waals surface area contributed by atoms with Crippen molar-refractivity contribution in [2.24, 2.45) is 0 Å². The van der Waals surface area contributed by atoms with Crippen LogP contribution in [0.15, 0.2) is 41.3 Å². The number of hydrogen-bond donors (Lipinski definition) is 1. The Labute approximate surface area is 122 Å². The SMILES string of the molecule is Cc1ccccc1S(=O)(=O)NCCc1ccc(Cl)s1. The maximum absolute atomic E-state index is 12.1. The second-order valence-electron chi connectivity index (χ2n) is 4.12. The predicted molar refractivity (Wildman–Crippen MR) is 79.4 cm³/mol. The molecular weight excluding hydrogens is 302 g/mol. The Balaban J connectivity index is 2.01. The van der Waals surface area contributed by atoms with Gasteiger partial charge in [-0.2, -0.15) is 0 Å². The summed E-state index contributed by atoms with van der Waals surface area (Å²) in [5, 5.41) is 0. The highest BCUT2D eigenvalue weighted by atomic mass is 35.5. The number of nitrogens with one attached hydrogen (secondary N) is 1. The molecule has 0 aliphatic carbocycles. The van der Waals surface area contributed by atoms with Crippen LogP contribution in [0, 0.1) is 6.92 Å². The average molecular weight is 316 g/mol. The lowest BCUT2D eigenvalue weighted by Crippen LogP contribution is -2.26. The molecule has 1 N–H and O–H groups in total. The van der Waals surface area contributed by atoms with E-state index in [0.29, 0.717) is 17.9 Å². The smallest absolute Gasteiger partial charge is 0.211 e. The molecular formula is C13H14ClNO2S2. The summed E-state index contributed by atoms with van der Waals surface area (Å²) in [7, 11) is -3.43. The molecule has 1 aromatic heterocycles. The van der Waals surface area contributed by atoms with Gasteiger partial charge in [-0.3, -0.25) is 0 Å². The van der Waals surface area contributed by atoms with Gasteiger partial charge in [-0.25, -0.2) is 13.1 Å². The second-order valence-corrected chi connectivity index (χ2v) is 7.65. The van der Waals surface area contributed by atoms with Gasteiger partial charge in [-0.1, -0.05) is 29.8 Å². The van der Waals surface area contributed by atoms with Gasteiger partial charge < -0.3 is 0 Å². The summed E-state index contributed by atoms with van der Waals surface area (Å²) in [6.45, 7) is 2.15. The number of hydrogen-bond acceptors (Lipinski definition) is 3. The fraction of sp³-hybridized carbons (Fsp3) is 0.231. The third-order valence-electron chi connectivity index (χ3n) is 2.68. The highest BCUT2D eigenvalue weighted by molar-refractivity contribution is 7.89. The molecule has 0 fully saturated rings. The molecule has 3 nitrogen and oxygen atoms in total. The van der Waals surface area contributed by atoms with Crippen LogP contribution in [0.4, 0.5) is 0 Å². The van der Waals surface area contributed by atoms with Crippen molar-refractivity contribution in [3.8, 4) is 0 Å². The lowest BCUT2D eigenvalue weighted by Gasteiger charge is -2.08. The van der Waals surface area contributed by atoms with Gasteiger partial charge in [0.2, 0.25) is 10.0 Å². The largest absolute Gasteiger partial charge is 0.240 e. The summed E-state index contributed by atoms with van der Waals surface area (Å²) in [6.07, 6.45) is 0.641. The third-order valence-corrected chi connectivity index (χ3v) is 5.59. The van der Waals surface area contributed by atoms with Crippen molar-refractivity contribution in [2.75, 3.05) is 6.54 Å². The van der Waals surface area contributed by atoms with Crippen molar-refractivity contribution >= 4 is 33.0 Å². The van der Waals surface area contributed by atoms with Gasteiger partial charge in [0.25, 0.3) is 0 Å². The highest BCUT2D eigenvalue weighted by Crippen LogP contribution is 2.21. The van der Waals surface area contributed by atoms with E-state index in [1.165, 1.54) is 11.3 Å². The predicted octanol–water partition coefficient (Wildman–Crippen LogP) is 3.23. The van der Waals surface area contributed by atoms with Crippen LogP contribution >= 0.6 is 22.9 Å². The minimum absolute atomic E-state index is 0.333. The molecule has 19 heavy (non-hydrogen) atoms. The zero-order valence-electron chi connectivity index (χ0n) is 10.4. The normalized spacial score (nSPS) is 11.7. The minimum Gasteiger partial charge on any atom is -0.211 e. The Morgan fingerprint density at radius 2 is 1.95 bits per heavy atom. The first-order valence-electron chi connectivity index (χ1n) is 5.78. The summed E-state index contributed by atoms with van der Waals surface area (Å²) in [5.41, 5.74) is 0.745. The van der Waals surface area contributed by atoms with Crippen molar-refractivity contribution in [3.63, 3.8) is 0 Å². The molecule has 2 aromatic rings. The quantitative estimate of drug-likeness (QED) is 0.920. The number of benzene rings is 1. The number of rotatable bonds is 5. The van der Waals surface area contributed by atoms with Gasteiger partial charge in [0.15, 0.2) is 0 Å². The maximum atomic E-state index is 12.1. The van der Waals surface area contributed by atoms with Gasteiger partial charge in [-0.15, -0.1) is 11.3 Å². The lowest BCUT2D eigenvalue weighted by molar-refractivity contribution is 0.581. The molecule has 0 spiro atoms. The minimum atomic E-state index is -3.43. The van der Waals surface area contributed by atoms with E-state index in [2.05, 4.69) is 4.72 Å². The molecule has 6 heteroatoms. The van der Waals surface area contributed by atoms with Crippen molar-refractivity contribution < 1.29 is 8.42 Å². The summed E-state index contributed by atoms with van der Waals surface area (Å²) >= 11 is 7.29. The van der Waals surface area contributed by atoms with Crippen LogP contribution in [-0.2, 0) is 16.4 Å². The van der Waals surface area contributed by atoms with Gasteiger partial charge in [0, 0.05) is 11.4 Å². The van der Waals surface area contributed by atoms with Gasteiger partial charge in [0.1, 0.15) is 0 Å². The molecule has 0 saturated carbocycles. The van der Waals surface area contributed by atoms with E-state index >= 15 is 0 Å². The molecule has 0 atom stereocenters. The van der Waals surface area contributed by atoms with Crippen LogP contribution in [0.1, 0.15) is 10.4 Å². The van der Waals surface area contributed by atoms with E-state index in [-0.39, 0.29) is 0 Å². The second kappa shape index (κ2) is 6.05. The third kappa shape index (κ3) is 3.79. The number of sulfonamides is 1. The molecule has 1 aromatic carbocycles. The number of halogens is 1. The molecule has 0 aliphatic heterocycles. The fourth-order valence-corrected chi connectivity index (χ4v) is 4.09. The summed E-state index contributed by atoms with van der Waals surface area (Å²) in [4.78, 5) is 1.40. The number of thiophene rings is 1. The van der Waals surface area contributed by atoms with E-state index in [9.17, 15) is 8.42 Å². The molecule has 0 unspecified atom stereocenters. The molecule has 0 radical (unpaired) electrons. The molecule has 0 saturated heterocycles. The van der Waals surface area contributed by atoms with Gasteiger partial charge >= 0.3 is 0 Å². The van der Waals surface area contributed by atoms with Gasteiger partial charge in [-0.05, 0) is 37.1 Å². The Morgan fingerprint density at radius 1 is 1.21 bits per heavy atom. The van der Waals surface area contributed by atoms with E-state index in [1.807, 2.05) is 18.2 Å². The van der Waals surface area contributed by atoms with Crippen molar-refractivity contribution in [1.82, 2.24) is 4.72 Å². The zero-order valence-corrected chi connectivity index (χ0v) is 12.8. The Hall–Kier alpha value is -0.880. The first-order valence-corrected chi connectivity index (χ1v) is 8.46. The van der Waals surface area contributed by atoms with Crippen LogP contribution < -0.4 is 4.72 Å². The van der Waals surface area contributed by atoms with Crippen LogP contribution in [0.3, 0.4) is 0 Å². The molecule has 0 amide bonds. The summed E-state index contributed by atoms with van der Waals surface area (Å²) < 4.78 is 27.6. The lowest BCUT2D eigenvalue weighted by atomic mass is 10.2. The fourth-order valence-electron chi connectivity index (χ4n) is 1.73. The highest BCUT2D eigenvalue weighted by Gasteiger charge is 2.15. The molecule has 0 aliphatic rings. The first kappa shape index (κ1) is 14.5. The number of aryl methyl sites for hydroxylation is 1. The van der Waals surface area contributed by atoms with Crippen LogP contribution in [-0.4, -0.2) is 15.0 Å². The van der Waals surface area contributed by atoms with Crippen LogP contribution in [0.5, 0.6) is 0 Å². The topological polar surface area (TPSA) is 46.2 Å². The first-order chi connectivity index (χ1) is 8.99. The molecule has 2 rings (SSSR count). The molecule has 102 valence electrons. The van der Waals surface area contributed by atoms with Crippen LogP contribution in [0.2, 0.25) is 4.34 Å². The Morgan fingerprint density at radius 3 is 2.58 bits per heavy atom. The van der Waals surface area contributed by atoms with E-state index < -0.39 is 10.0 Å². The summed E-state index contributed by atoms with van der Waals surface area (Å²) in [6, 6.07) is 10.7. The van der Waals surface area contributed by atoms with E-state index in [4.69, 9.17) is 11.6 Å². The van der Waals surface area contributed by atoms with Crippen molar-refractivity contribution in [3.05, 3.63) is 51.2 Å². The average Bonchev–Trinajstić information content (AvgIpc) is 2.75. The zero-order chi connectivity index (χ0) is 13.9. The maximum Gasteiger partial charge on any atom is 0.240 e. The van der Waals surface area contributed by atoms with E-state index in [1.54, 1.807) is 25.1 Å². The summed E-state index contributed by atoms with van der Waals surface area (Å²) in [5.74, 6) is 0. The van der Waals surface area contributed by atoms with Crippen LogP contribution in [0.25, 0.3) is 0 Å². The van der Waals surface area contributed by atoms with Crippen molar-refractivity contribution in [2.45, 2.75) is 18.2 Å². The van der Waals surface area contributed by atoms with Crippen molar-refractivity contribution in [1.29, 1.82) is 0 Å². The van der Waals surface area contributed by atoms with E-state index in [0.717, 1.165) is 14.8 Å². The molecule has 0 bridgehead atoms. The Bertz CT molecular complexity index is 665.